The van der Waals surface area contributed by atoms with Crippen LogP contribution >= 0.6 is 0 Å². The van der Waals surface area contributed by atoms with Crippen molar-refractivity contribution < 1.29 is 9.84 Å². The second kappa shape index (κ2) is 4.15. The van der Waals surface area contributed by atoms with Gasteiger partial charge in [-0.15, -0.1) is 0 Å². The molecule has 2 fully saturated rings. The van der Waals surface area contributed by atoms with Gasteiger partial charge in [0, 0.05) is 6.61 Å². The maximum atomic E-state index is 9.22. The second-order valence-electron chi connectivity index (χ2n) is 5.85. The van der Waals surface area contributed by atoms with Crippen LogP contribution in [0.3, 0.4) is 0 Å². The molecule has 6 atom stereocenters. The van der Waals surface area contributed by atoms with Crippen LogP contribution in [-0.4, -0.2) is 23.9 Å². The van der Waals surface area contributed by atoms with E-state index in [1.807, 2.05) is 6.92 Å². The zero-order valence-corrected chi connectivity index (χ0v) is 10.0. The molecule has 3 aliphatic rings. The number of fused-ring (bicyclic) bond motifs is 5. The van der Waals surface area contributed by atoms with Crippen LogP contribution in [0.5, 0.6) is 0 Å². The Kier molecular flexibility index (Phi) is 2.80. The second-order valence-corrected chi connectivity index (χ2v) is 5.85. The molecular weight excluding hydrogens is 200 g/mol. The Morgan fingerprint density at radius 2 is 2.25 bits per heavy atom. The van der Waals surface area contributed by atoms with Crippen LogP contribution < -0.4 is 0 Å². The standard InChI is InChI=1S/C14H22O2/c1-9(15)5-6-16-14-8-10-7-13(14)12-4-2-3-11(10)12/h2,4,9-15H,3,5-8H2,1H3. The van der Waals surface area contributed by atoms with Gasteiger partial charge in [0.1, 0.15) is 0 Å². The summed E-state index contributed by atoms with van der Waals surface area (Å²) in [5, 5.41) is 9.22. The average Bonchev–Trinajstić information content (AvgIpc) is 2.87. The van der Waals surface area contributed by atoms with Gasteiger partial charge in [-0.05, 0) is 56.3 Å². The van der Waals surface area contributed by atoms with Gasteiger partial charge in [0.05, 0.1) is 12.2 Å². The van der Waals surface area contributed by atoms with Crippen molar-refractivity contribution >= 4 is 0 Å². The van der Waals surface area contributed by atoms with Gasteiger partial charge in [-0.3, -0.25) is 0 Å². The molecule has 90 valence electrons. The molecule has 3 rings (SSSR count). The summed E-state index contributed by atoms with van der Waals surface area (Å²) in [6, 6.07) is 0. The molecule has 0 spiro atoms. The first-order chi connectivity index (χ1) is 7.75. The van der Waals surface area contributed by atoms with Crippen molar-refractivity contribution in [1.82, 2.24) is 0 Å². The molecule has 16 heavy (non-hydrogen) atoms. The van der Waals surface area contributed by atoms with E-state index in [2.05, 4.69) is 12.2 Å². The first-order valence-electron chi connectivity index (χ1n) is 6.72. The lowest BCUT2D eigenvalue weighted by Crippen LogP contribution is -2.30. The predicted octanol–water partition coefficient (Wildman–Crippen LogP) is 2.37. The summed E-state index contributed by atoms with van der Waals surface area (Å²) >= 11 is 0. The van der Waals surface area contributed by atoms with Crippen LogP contribution in [-0.2, 0) is 4.74 Å². The summed E-state index contributed by atoms with van der Waals surface area (Å²) in [7, 11) is 0. The molecule has 0 radical (unpaired) electrons. The smallest absolute Gasteiger partial charge is 0.0611 e. The largest absolute Gasteiger partial charge is 0.393 e. The van der Waals surface area contributed by atoms with E-state index in [9.17, 15) is 5.11 Å². The van der Waals surface area contributed by atoms with E-state index >= 15 is 0 Å². The maximum absolute atomic E-state index is 9.22. The Morgan fingerprint density at radius 1 is 1.38 bits per heavy atom. The number of allylic oxidation sites excluding steroid dienone is 2. The molecule has 0 aliphatic heterocycles. The Hall–Kier alpha value is -0.340. The van der Waals surface area contributed by atoms with Crippen molar-refractivity contribution in [3.05, 3.63) is 12.2 Å². The average molecular weight is 222 g/mol. The van der Waals surface area contributed by atoms with E-state index in [1.54, 1.807) is 0 Å². The van der Waals surface area contributed by atoms with E-state index in [0.29, 0.717) is 6.10 Å². The highest BCUT2D eigenvalue weighted by atomic mass is 16.5. The van der Waals surface area contributed by atoms with Crippen LogP contribution in [0.1, 0.15) is 32.6 Å². The number of hydrogen-bond donors (Lipinski definition) is 1. The van der Waals surface area contributed by atoms with Gasteiger partial charge in [0.25, 0.3) is 0 Å². The van der Waals surface area contributed by atoms with E-state index in [0.717, 1.165) is 36.7 Å². The molecule has 1 N–H and O–H groups in total. The van der Waals surface area contributed by atoms with E-state index in [4.69, 9.17) is 4.74 Å². The fraction of sp³-hybridized carbons (Fsp3) is 0.857. The quantitative estimate of drug-likeness (QED) is 0.740. The third kappa shape index (κ3) is 1.72. The van der Waals surface area contributed by atoms with Gasteiger partial charge in [-0.25, -0.2) is 0 Å². The minimum Gasteiger partial charge on any atom is -0.393 e. The van der Waals surface area contributed by atoms with Crippen LogP contribution in [0.4, 0.5) is 0 Å². The number of hydrogen-bond acceptors (Lipinski definition) is 2. The summed E-state index contributed by atoms with van der Waals surface area (Å²) < 4.78 is 5.96. The normalized spacial score (nSPS) is 46.2. The minimum atomic E-state index is -0.224. The topological polar surface area (TPSA) is 29.5 Å². The summed E-state index contributed by atoms with van der Waals surface area (Å²) in [6.45, 7) is 2.56. The van der Waals surface area contributed by atoms with Crippen molar-refractivity contribution in [3.63, 3.8) is 0 Å². The van der Waals surface area contributed by atoms with Crippen molar-refractivity contribution in [2.24, 2.45) is 23.7 Å². The van der Waals surface area contributed by atoms with E-state index in [1.165, 1.54) is 19.3 Å². The maximum Gasteiger partial charge on any atom is 0.0611 e. The summed E-state index contributed by atoms with van der Waals surface area (Å²) in [4.78, 5) is 0. The highest BCUT2D eigenvalue weighted by Gasteiger charge is 2.52. The van der Waals surface area contributed by atoms with Crippen molar-refractivity contribution in [2.45, 2.75) is 44.8 Å². The predicted molar refractivity (Wildman–Crippen MR) is 63.0 cm³/mol. The molecule has 2 heteroatoms. The first kappa shape index (κ1) is 10.8. The molecule has 6 unspecified atom stereocenters. The summed E-state index contributed by atoms with van der Waals surface area (Å²) in [5.74, 6) is 3.46. The monoisotopic (exact) mass is 222 g/mol. The molecule has 0 saturated heterocycles. The van der Waals surface area contributed by atoms with Crippen molar-refractivity contribution in [1.29, 1.82) is 0 Å². The number of aliphatic hydroxyl groups is 1. The fourth-order valence-corrected chi connectivity index (χ4v) is 4.07. The summed E-state index contributed by atoms with van der Waals surface area (Å²) in [6.07, 6.45) is 9.80. The lowest BCUT2D eigenvalue weighted by Gasteiger charge is -2.31. The zero-order chi connectivity index (χ0) is 11.1. The fourth-order valence-electron chi connectivity index (χ4n) is 4.07. The molecule has 3 aliphatic carbocycles. The van der Waals surface area contributed by atoms with E-state index in [-0.39, 0.29) is 6.10 Å². The van der Waals surface area contributed by atoms with Crippen LogP contribution in [0, 0.1) is 23.7 Å². The molecule has 0 aromatic carbocycles. The third-order valence-electron chi connectivity index (χ3n) is 4.82. The number of aliphatic hydroxyl groups excluding tert-OH is 1. The first-order valence-corrected chi connectivity index (χ1v) is 6.72. The third-order valence-corrected chi connectivity index (χ3v) is 4.82. The van der Waals surface area contributed by atoms with E-state index < -0.39 is 0 Å². The van der Waals surface area contributed by atoms with Crippen LogP contribution in [0.2, 0.25) is 0 Å². The molecule has 0 aromatic heterocycles. The minimum absolute atomic E-state index is 0.224. The molecule has 0 aromatic rings. The Bertz CT molecular complexity index is 284. The lowest BCUT2D eigenvalue weighted by atomic mass is 9.80. The Balaban J connectivity index is 1.54. The van der Waals surface area contributed by atoms with Gasteiger partial charge < -0.3 is 9.84 Å². The highest BCUT2D eigenvalue weighted by molar-refractivity contribution is 5.14. The van der Waals surface area contributed by atoms with Gasteiger partial charge >= 0.3 is 0 Å². The number of rotatable bonds is 4. The van der Waals surface area contributed by atoms with Gasteiger partial charge in [-0.2, -0.15) is 0 Å². The van der Waals surface area contributed by atoms with Crippen LogP contribution in [0.25, 0.3) is 0 Å². The van der Waals surface area contributed by atoms with Gasteiger partial charge in [-0.1, -0.05) is 12.2 Å². The van der Waals surface area contributed by atoms with Gasteiger partial charge in [0.15, 0.2) is 0 Å². The molecule has 0 heterocycles. The highest BCUT2D eigenvalue weighted by Crippen LogP contribution is 2.57. The molecule has 2 saturated carbocycles. The van der Waals surface area contributed by atoms with Crippen LogP contribution in [0.15, 0.2) is 12.2 Å². The zero-order valence-electron chi connectivity index (χ0n) is 10.0. The van der Waals surface area contributed by atoms with Crippen molar-refractivity contribution in [3.8, 4) is 0 Å². The summed E-state index contributed by atoms with van der Waals surface area (Å²) in [5.41, 5.74) is 0. The Morgan fingerprint density at radius 3 is 3.06 bits per heavy atom. The molecular formula is C14H22O2. The Labute approximate surface area is 97.7 Å². The lowest BCUT2D eigenvalue weighted by molar-refractivity contribution is -0.0158. The van der Waals surface area contributed by atoms with Crippen molar-refractivity contribution in [2.75, 3.05) is 6.61 Å². The molecule has 2 nitrogen and oxygen atoms in total. The molecule has 2 bridgehead atoms. The number of ether oxygens (including phenoxy) is 1. The SMILES string of the molecule is CC(O)CCOC1CC2CC1C1C=CCC21. The molecule has 0 amide bonds. The van der Waals surface area contributed by atoms with Gasteiger partial charge in [0.2, 0.25) is 0 Å².